The zero-order valence-corrected chi connectivity index (χ0v) is 15.0. The molecule has 0 aliphatic carbocycles. The Morgan fingerprint density at radius 3 is 2.23 bits per heavy atom. The van der Waals surface area contributed by atoms with Gasteiger partial charge in [-0.2, -0.15) is 4.31 Å². The molecule has 1 amide bonds. The predicted octanol–water partition coefficient (Wildman–Crippen LogP) is 2.30. The molecule has 1 fully saturated rings. The van der Waals surface area contributed by atoms with Crippen molar-refractivity contribution < 1.29 is 17.9 Å². The third-order valence-corrected chi connectivity index (χ3v) is 6.57. The summed E-state index contributed by atoms with van der Waals surface area (Å²) in [4.78, 5) is 14.5. The molecule has 8 heteroatoms. The Labute approximate surface area is 135 Å². The number of piperazine rings is 1. The first kappa shape index (κ1) is 17.2. The van der Waals surface area contributed by atoms with Gasteiger partial charge < -0.3 is 9.64 Å². The maximum atomic E-state index is 12.5. The van der Waals surface area contributed by atoms with Gasteiger partial charge in [0.15, 0.2) is 0 Å². The average Bonchev–Trinajstić information content (AvgIpc) is 2.84. The number of aryl methyl sites for hydroxylation is 1. The number of carbonyl (C=O) groups excluding carboxylic acids is 1. The molecule has 2 rings (SSSR count). The molecule has 1 aliphatic heterocycles. The molecule has 1 aliphatic rings. The van der Waals surface area contributed by atoms with E-state index in [4.69, 9.17) is 4.74 Å². The van der Waals surface area contributed by atoms with E-state index in [1.54, 1.807) is 17.0 Å². The van der Waals surface area contributed by atoms with Gasteiger partial charge in [-0.05, 0) is 39.8 Å². The van der Waals surface area contributed by atoms with Gasteiger partial charge in [-0.1, -0.05) is 0 Å². The first-order chi connectivity index (χ1) is 10.1. The van der Waals surface area contributed by atoms with Crippen LogP contribution in [0.4, 0.5) is 4.79 Å². The van der Waals surface area contributed by atoms with Gasteiger partial charge in [-0.15, -0.1) is 11.3 Å². The molecular weight excluding hydrogens is 324 g/mol. The number of rotatable bonds is 2. The summed E-state index contributed by atoms with van der Waals surface area (Å²) in [5, 5.41) is 0. The SMILES string of the molecule is Cc1ccc(S(=O)(=O)N2CCN(C(=O)OC(C)(C)C)CC2)s1. The highest BCUT2D eigenvalue weighted by molar-refractivity contribution is 7.91. The number of nitrogens with zero attached hydrogens (tertiary/aromatic N) is 2. The van der Waals surface area contributed by atoms with Crippen LogP contribution < -0.4 is 0 Å². The van der Waals surface area contributed by atoms with Crippen LogP contribution in [0.15, 0.2) is 16.3 Å². The molecule has 1 aromatic heterocycles. The Morgan fingerprint density at radius 1 is 1.18 bits per heavy atom. The minimum absolute atomic E-state index is 0.290. The molecule has 0 spiro atoms. The van der Waals surface area contributed by atoms with Gasteiger partial charge in [0.1, 0.15) is 9.81 Å². The molecule has 0 unspecified atom stereocenters. The van der Waals surface area contributed by atoms with Gasteiger partial charge in [0.2, 0.25) is 0 Å². The van der Waals surface area contributed by atoms with E-state index in [0.717, 1.165) is 4.88 Å². The third-order valence-electron chi connectivity index (χ3n) is 3.20. The van der Waals surface area contributed by atoms with Crippen molar-refractivity contribution in [2.45, 2.75) is 37.5 Å². The Kier molecular flexibility index (Phi) is 4.84. The third kappa shape index (κ3) is 3.99. The zero-order valence-electron chi connectivity index (χ0n) is 13.3. The maximum absolute atomic E-state index is 12.5. The first-order valence-electron chi connectivity index (χ1n) is 7.14. The standard InChI is InChI=1S/C14H22N2O4S2/c1-11-5-6-12(21-11)22(18,19)16-9-7-15(8-10-16)13(17)20-14(2,3)4/h5-6H,7-10H2,1-4H3. The molecule has 22 heavy (non-hydrogen) atoms. The second kappa shape index (κ2) is 6.17. The van der Waals surface area contributed by atoms with Gasteiger partial charge in [0.05, 0.1) is 0 Å². The fourth-order valence-corrected chi connectivity index (χ4v) is 4.98. The molecule has 0 aromatic carbocycles. The highest BCUT2D eigenvalue weighted by Crippen LogP contribution is 2.25. The highest BCUT2D eigenvalue weighted by atomic mass is 32.2. The average molecular weight is 346 g/mol. The molecule has 0 radical (unpaired) electrons. The van der Waals surface area contributed by atoms with Crippen LogP contribution >= 0.6 is 11.3 Å². The summed E-state index contributed by atoms with van der Waals surface area (Å²) in [7, 11) is -3.45. The molecule has 1 aromatic rings. The van der Waals surface area contributed by atoms with Crippen molar-refractivity contribution in [3.63, 3.8) is 0 Å². The monoisotopic (exact) mass is 346 g/mol. The maximum Gasteiger partial charge on any atom is 0.410 e. The lowest BCUT2D eigenvalue weighted by Gasteiger charge is -2.34. The molecule has 0 atom stereocenters. The van der Waals surface area contributed by atoms with E-state index in [2.05, 4.69) is 0 Å². The van der Waals surface area contributed by atoms with Crippen LogP contribution in [0.5, 0.6) is 0 Å². The Hall–Kier alpha value is -1.12. The van der Waals surface area contributed by atoms with E-state index in [0.29, 0.717) is 30.4 Å². The molecular formula is C14H22N2O4S2. The van der Waals surface area contributed by atoms with E-state index in [1.165, 1.54) is 15.6 Å². The van der Waals surface area contributed by atoms with Crippen LogP contribution in [-0.4, -0.2) is 55.5 Å². The van der Waals surface area contributed by atoms with E-state index >= 15 is 0 Å². The summed E-state index contributed by atoms with van der Waals surface area (Å²) in [6.07, 6.45) is -0.392. The van der Waals surface area contributed by atoms with Crippen molar-refractivity contribution in [1.29, 1.82) is 0 Å². The fourth-order valence-electron chi connectivity index (χ4n) is 2.12. The second-order valence-corrected chi connectivity index (χ2v) is 9.69. The van der Waals surface area contributed by atoms with Crippen LogP contribution in [0.2, 0.25) is 0 Å². The molecule has 6 nitrogen and oxygen atoms in total. The minimum Gasteiger partial charge on any atom is -0.444 e. The second-order valence-electron chi connectivity index (χ2n) is 6.24. The van der Waals surface area contributed by atoms with Crippen LogP contribution in [0.3, 0.4) is 0 Å². The molecule has 1 saturated heterocycles. The Balaban J connectivity index is 1.99. The summed E-state index contributed by atoms with van der Waals surface area (Å²) < 4.78 is 32.1. The fraction of sp³-hybridized carbons (Fsp3) is 0.643. The number of carbonyl (C=O) groups is 1. The minimum atomic E-state index is -3.45. The predicted molar refractivity (Wildman–Crippen MR) is 85.6 cm³/mol. The van der Waals surface area contributed by atoms with Crippen molar-refractivity contribution in [2.24, 2.45) is 0 Å². The molecule has 124 valence electrons. The largest absolute Gasteiger partial charge is 0.444 e. The summed E-state index contributed by atoms with van der Waals surface area (Å²) in [6, 6.07) is 3.43. The van der Waals surface area contributed by atoms with Crippen LogP contribution in [-0.2, 0) is 14.8 Å². The van der Waals surface area contributed by atoms with E-state index in [9.17, 15) is 13.2 Å². The van der Waals surface area contributed by atoms with Gasteiger partial charge in [0.25, 0.3) is 10.0 Å². The summed E-state index contributed by atoms with van der Waals surface area (Å²) in [5.41, 5.74) is -0.547. The van der Waals surface area contributed by atoms with Crippen molar-refractivity contribution in [1.82, 2.24) is 9.21 Å². The zero-order chi connectivity index (χ0) is 16.5. The lowest BCUT2D eigenvalue weighted by Crippen LogP contribution is -2.51. The normalized spacial score (nSPS) is 17.5. The number of hydrogen-bond donors (Lipinski definition) is 0. The van der Waals surface area contributed by atoms with Crippen molar-refractivity contribution in [2.75, 3.05) is 26.2 Å². The lowest BCUT2D eigenvalue weighted by molar-refractivity contribution is 0.0192. The Bertz CT molecular complexity index is 638. The van der Waals surface area contributed by atoms with Crippen molar-refractivity contribution >= 4 is 27.5 Å². The van der Waals surface area contributed by atoms with E-state index in [-0.39, 0.29) is 0 Å². The summed E-state index contributed by atoms with van der Waals surface area (Å²) in [5.74, 6) is 0. The lowest BCUT2D eigenvalue weighted by atomic mass is 10.2. The van der Waals surface area contributed by atoms with Crippen LogP contribution in [0.25, 0.3) is 0 Å². The quantitative estimate of drug-likeness (QED) is 0.824. The van der Waals surface area contributed by atoms with Gasteiger partial charge in [0, 0.05) is 31.1 Å². The molecule has 0 bridgehead atoms. The van der Waals surface area contributed by atoms with Crippen molar-refractivity contribution in [3.05, 3.63) is 17.0 Å². The van der Waals surface area contributed by atoms with Gasteiger partial charge in [-0.25, -0.2) is 13.2 Å². The number of hydrogen-bond acceptors (Lipinski definition) is 5. The van der Waals surface area contributed by atoms with Crippen LogP contribution in [0, 0.1) is 6.92 Å². The number of thiophene rings is 1. The van der Waals surface area contributed by atoms with Crippen molar-refractivity contribution in [3.8, 4) is 0 Å². The van der Waals surface area contributed by atoms with E-state index in [1.807, 2.05) is 27.7 Å². The summed E-state index contributed by atoms with van der Waals surface area (Å²) >= 11 is 1.27. The topological polar surface area (TPSA) is 66.9 Å². The van der Waals surface area contributed by atoms with E-state index < -0.39 is 21.7 Å². The first-order valence-corrected chi connectivity index (χ1v) is 9.40. The smallest absolute Gasteiger partial charge is 0.410 e. The number of sulfonamides is 1. The number of amides is 1. The molecule has 2 heterocycles. The summed E-state index contributed by atoms with van der Waals surface area (Å²) in [6.45, 7) is 8.58. The highest BCUT2D eigenvalue weighted by Gasteiger charge is 2.32. The molecule has 0 saturated carbocycles. The van der Waals surface area contributed by atoms with Gasteiger partial charge >= 0.3 is 6.09 Å². The van der Waals surface area contributed by atoms with Gasteiger partial charge in [-0.3, -0.25) is 0 Å². The molecule has 0 N–H and O–H groups in total. The number of ether oxygens (including phenoxy) is 1. The van der Waals surface area contributed by atoms with Crippen LogP contribution in [0.1, 0.15) is 25.6 Å². The Morgan fingerprint density at radius 2 is 1.77 bits per heavy atom.